The van der Waals surface area contributed by atoms with Crippen LogP contribution in [0.5, 0.6) is 0 Å². The Balaban J connectivity index is 2.08. The molecular formula is C12H12BrNO3. The minimum Gasteiger partial charge on any atom is -0.481 e. The van der Waals surface area contributed by atoms with Crippen LogP contribution in [-0.4, -0.2) is 28.4 Å². The van der Waals surface area contributed by atoms with Gasteiger partial charge in [0.05, 0.1) is 5.92 Å². The molecule has 1 aromatic carbocycles. The van der Waals surface area contributed by atoms with E-state index in [1.807, 2.05) is 24.3 Å². The van der Waals surface area contributed by atoms with Crippen molar-refractivity contribution in [1.29, 1.82) is 0 Å². The molecule has 1 aromatic rings. The molecule has 1 heterocycles. The number of hydrogen-bond donors (Lipinski definition) is 1. The van der Waals surface area contributed by atoms with Gasteiger partial charge in [0.25, 0.3) is 0 Å². The molecule has 17 heavy (non-hydrogen) atoms. The Morgan fingerprint density at radius 1 is 1.47 bits per heavy atom. The van der Waals surface area contributed by atoms with Crippen molar-refractivity contribution < 1.29 is 14.7 Å². The molecule has 1 N–H and O–H groups in total. The molecular weight excluding hydrogens is 286 g/mol. The number of aliphatic carboxylic acids is 1. The number of amides is 1. The molecule has 0 bridgehead atoms. The number of likely N-dealkylation sites (tertiary alicyclic amines) is 1. The minimum atomic E-state index is -0.895. The normalized spacial score (nSPS) is 19.7. The summed E-state index contributed by atoms with van der Waals surface area (Å²) in [7, 11) is 0. The summed E-state index contributed by atoms with van der Waals surface area (Å²) in [6.45, 7) is 0.763. The lowest BCUT2D eigenvalue weighted by atomic mass is 10.1. The summed E-state index contributed by atoms with van der Waals surface area (Å²) in [5.74, 6) is -1.55. The zero-order valence-electron chi connectivity index (χ0n) is 9.10. The van der Waals surface area contributed by atoms with Crippen molar-refractivity contribution in [3.05, 3.63) is 34.3 Å². The summed E-state index contributed by atoms with van der Waals surface area (Å²) in [5.41, 5.74) is 0.992. The number of rotatable bonds is 3. The Morgan fingerprint density at radius 2 is 2.18 bits per heavy atom. The van der Waals surface area contributed by atoms with Gasteiger partial charge in [0.1, 0.15) is 0 Å². The van der Waals surface area contributed by atoms with Crippen LogP contribution in [0.15, 0.2) is 28.7 Å². The lowest BCUT2D eigenvalue weighted by Gasteiger charge is -2.16. The van der Waals surface area contributed by atoms with Crippen molar-refractivity contribution in [2.45, 2.75) is 13.0 Å². The third-order valence-corrected chi connectivity index (χ3v) is 3.66. The fraction of sp³-hybridized carbons (Fsp3) is 0.333. The van der Waals surface area contributed by atoms with Gasteiger partial charge in [0, 0.05) is 24.0 Å². The molecule has 2 rings (SSSR count). The van der Waals surface area contributed by atoms with E-state index in [-0.39, 0.29) is 12.3 Å². The Hall–Kier alpha value is -1.36. The Labute approximate surface area is 107 Å². The van der Waals surface area contributed by atoms with E-state index in [0.29, 0.717) is 13.1 Å². The summed E-state index contributed by atoms with van der Waals surface area (Å²) >= 11 is 3.41. The molecule has 1 amide bonds. The summed E-state index contributed by atoms with van der Waals surface area (Å²) < 4.78 is 0.937. The molecule has 1 unspecified atom stereocenters. The highest BCUT2D eigenvalue weighted by molar-refractivity contribution is 9.10. The summed E-state index contributed by atoms with van der Waals surface area (Å²) in [4.78, 5) is 24.1. The Kier molecular flexibility index (Phi) is 3.47. The highest BCUT2D eigenvalue weighted by atomic mass is 79.9. The molecule has 0 aromatic heterocycles. The predicted octanol–water partition coefficient (Wildman–Crippen LogP) is 1.88. The third kappa shape index (κ3) is 2.66. The van der Waals surface area contributed by atoms with Gasteiger partial charge >= 0.3 is 5.97 Å². The second-order valence-corrected chi connectivity index (χ2v) is 4.96. The molecule has 0 aliphatic carbocycles. The SMILES string of the molecule is O=C(O)C1CC(=O)N(Cc2ccccc2Br)C1. The summed E-state index contributed by atoms with van der Waals surface area (Å²) in [6.07, 6.45) is 0.111. The fourth-order valence-corrected chi connectivity index (χ4v) is 2.33. The van der Waals surface area contributed by atoms with E-state index in [9.17, 15) is 9.59 Å². The third-order valence-electron chi connectivity index (χ3n) is 2.88. The standard InChI is InChI=1S/C12H12BrNO3/c13-10-4-2-1-3-8(10)6-14-7-9(12(16)17)5-11(14)15/h1-4,9H,5-7H2,(H,16,17). The van der Waals surface area contributed by atoms with Crippen molar-refractivity contribution in [2.24, 2.45) is 5.92 Å². The van der Waals surface area contributed by atoms with Crippen LogP contribution >= 0.6 is 15.9 Å². The van der Waals surface area contributed by atoms with Crippen LogP contribution in [0, 0.1) is 5.92 Å². The van der Waals surface area contributed by atoms with E-state index >= 15 is 0 Å². The number of carbonyl (C=O) groups excluding carboxylic acids is 1. The lowest BCUT2D eigenvalue weighted by Crippen LogP contribution is -2.25. The van der Waals surface area contributed by atoms with Gasteiger partial charge in [0.15, 0.2) is 0 Å². The maximum atomic E-state index is 11.7. The monoisotopic (exact) mass is 297 g/mol. The van der Waals surface area contributed by atoms with Gasteiger partial charge in [-0.25, -0.2) is 0 Å². The van der Waals surface area contributed by atoms with Crippen LogP contribution < -0.4 is 0 Å². The Bertz CT molecular complexity index is 461. The van der Waals surface area contributed by atoms with Crippen LogP contribution in [0.3, 0.4) is 0 Å². The molecule has 1 saturated heterocycles. The van der Waals surface area contributed by atoms with Gasteiger partial charge in [0.2, 0.25) is 5.91 Å². The number of nitrogens with zero attached hydrogens (tertiary/aromatic N) is 1. The van der Waals surface area contributed by atoms with Crippen LogP contribution in [0.2, 0.25) is 0 Å². The molecule has 0 spiro atoms. The van der Waals surface area contributed by atoms with Crippen molar-refractivity contribution >= 4 is 27.8 Å². The highest BCUT2D eigenvalue weighted by Crippen LogP contribution is 2.23. The van der Waals surface area contributed by atoms with Crippen LogP contribution in [0.1, 0.15) is 12.0 Å². The van der Waals surface area contributed by atoms with Crippen molar-refractivity contribution in [1.82, 2.24) is 4.90 Å². The quantitative estimate of drug-likeness (QED) is 0.927. The zero-order valence-corrected chi connectivity index (χ0v) is 10.7. The van der Waals surface area contributed by atoms with E-state index in [1.165, 1.54) is 0 Å². The van der Waals surface area contributed by atoms with E-state index in [4.69, 9.17) is 5.11 Å². The number of halogens is 1. The van der Waals surface area contributed by atoms with Crippen LogP contribution in [0.25, 0.3) is 0 Å². The van der Waals surface area contributed by atoms with Gasteiger partial charge < -0.3 is 10.0 Å². The minimum absolute atomic E-state index is 0.0897. The molecule has 4 nitrogen and oxygen atoms in total. The smallest absolute Gasteiger partial charge is 0.308 e. The average molecular weight is 298 g/mol. The molecule has 1 atom stereocenters. The maximum absolute atomic E-state index is 11.7. The van der Waals surface area contributed by atoms with Crippen molar-refractivity contribution in [3.63, 3.8) is 0 Å². The van der Waals surface area contributed by atoms with Crippen molar-refractivity contribution in [2.75, 3.05) is 6.54 Å². The summed E-state index contributed by atoms with van der Waals surface area (Å²) in [6, 6.07) is 7.63. The van der Waals surface area contributed by atoms with E-state index in [0.717, 1.165) is 10.0 Å². The first kappa shape index (κ1) is 12.1. The molecule has 1 aliphatic heterocycles. The van der Waals surface area contributed by atoms with E-state index < -0.39 is 11.9 Å². The van der Waals surface area contributed by atoms with Gasteiger partial charge in [-0.2, -0.15) is 0 Å². The van der Waals surface area contributed by atoms with Crippen molar-refractivity contribution in [3.8, 4) is 0 Å². The van der Waals surface area contributed by atoms with Gasteiger partial charge in [-0.3, -0.25) is 9.59 Å². The molecule has 5 heteroatoms. The second kappa shape index (κ2) is 4.87. The molecule has 1 aliphatic rings. The highest BCUT2D eigenvalue weighted by Gasteiger charge is 2.34. The molecule has 90 valence electrons. The second-order valence-electron chi connectivity index (χ2n) is 4.10. The van der Waals surface area contributed by atoms with Gasteiger partial charge in [-0.15, -0.1) is 0 Å². The van der Waals surface area contributed by atoms with Crippen LogP contribution in [0.4, 0.5) is 0 Å². The van der Waals surface area contributed by atoms with E-state index in [2.05, 4.69) is 15.9 Å². The fourth-order valence-electron chi connectivity index (χ4n) is 1.92. The number of carbonyl (C=O) groups is 2. The maximum Gasteiger partial charge on any atom is 0.308 e. The first-order valence-electron chi connectivity index (χ1n) is 5.32. The van der Waals surface area contributed by atoms with Gasteiger partial charge in [-0.05, 0) is 11.6 Å². The lowest BCUT2D eigenvalue weighted by molar-refractivity contribution is -0.141. The van der Waals surface area contributed by atoms with Gasteiger partial charge in [-0.1, -0.05) is 34.1 Å². The number of carboxylic acid groups (broad SMARTS) is 1. The van der Waals surface area contributed by atoms with Crippen LogP contribution in [-0.2, 0) is 16.1 Å². The predicted molar refractivity (Wildman–Crippen MR) is 65.3 cm³/mol. The van der Waals surface area contributed by atoms with E-state index in [1.54, 1.807) is 4.90 Å². The zero-order chi connectivity index (χ0) is 12.4. The average Bonchev–Trinajstić information content (AvgIpc) is 2.64. The molecule has 0 saturated carbocycles. The first-order chi connectivity index (χ1) is 8.08. The topological polar surface area (TPSA) is 57.6 Å². The molecule has 1 fully saturated rings. The largest absolute Gasteiger partial charge is 0.481 e. The number of hydrogen-bond acceptors (Lipinski definition) is 2. The number of benzene rings is 1. The number of carboxylic acids is 1. The molecule has 0 radical (unpaired) electrons. The summed E-state index contributed by atoms with van der Waals surface area (Å²) in [5, 5.41) is 8.88. The Morgan fingerprint density at radius 3 is 2.76 bits per heavy atom. The first-order valence-corrected chi connectivity index (χ1v) is 6.11.